The molecule has 5 fully saturated rings. The van der Waals surface area contributed by atoms with Gasteiger partial charge < -0.3 is 9.84 Å². The molecule has 3 saturated carbocycles. The second kappa shape index (κ2) is 5.34. The van der Waals surface area contributed by atoms with Crippen LogP contribution < -0.4 is 0 Å². The Labute approximate surface area is 147 Å². The minimum atomic E-state index is -1.13. The maximum Gasteiger partial charge on any atom is 0.165 e. The van der Waals surface area contributed by atoms with Crippen molar-refractivity contribution >= 4 is 17.9 Å². The van der Waals surface area contributed by atoms with Crippen molar-refractivity contribution in [3.8, 4) is 0 Å². The molecule has 1 spiro atoms. The zero-order valence-electron chi connectivity index (χ0n) is 14.9. The number of ether oxygens (including phenoxy) is 1. The summed E-state index contributed by atoms with van der Waals surface area (Å²) in [6.45, 7) is 8.15. The smallest absolute Gasteiger partial charge is 0.165 e. The Balaban J connectivity index is 1.78. The van der Waals surface area contributed by atoms with Crippen LogP contribution in [-0.4, -0.2) is 41.8 Å². The molecular formula is C20H26O5. The highest BCUT2D eigenvalue weighted by molar-refractivity contribution is 5.95. The number of Topliss-reactive ketones (excluding diaryl/α,β-unsaturated/α-hetero) is 2. The lowest BCUT2D eigenvalue weighted by atomic mass is 9.40. The molecule has 5 heteroatoms. The van der Waals surface area contributed by atoms with Gasteiger partial charge in [0.05, 0.1) is 18.1 Å². The fourth-order valence-corrected chi connectivity index (χ4v) is 6.49. The lowest BCUT2D eigenvalue weighted by Gasteiger charge is -2.66. The third kappa shape index (κ3) is 2.00. The number of fused-ring (bicyclic) bond motifs is 3. The Morgan fingerprint density at radius 2 is 2.04 bits per heavy atom. The molecule has 0 amide bonds. The zero-order valence-corrected chi connectivity index (χ0v) is 14.9. The summed E-state index contributed by atoms with van der Waals surface area (Å²) in [5.41, 5.74) is -0.658. The molecule has 25 heavy (non-hydrogen) atoms. The topological polar surface area (TPSA) is 80.7 Å². The SMILES string of the molecule is C=C(C=O)[C@@H]1CC[C@@H]2[C@@H](C1)C(=O)[C@@H](O)[C@@H]1C(C)(C)[C@H]3CC(=O)[C@@]21CO3. The Morgan fingerprint density at radius 3 is 2.68 bits per heavy atom. The van der Waals surface area contributed by atoms with Crippen molar-refractivity contribution in [2.75, 3.05) is 6.61 Å². The van der Waals surface area contributed by atoms with E-state index in [9.17, 15) is 19.5 Å². The van der Waals surface area contributed by atoms with Crippen molar-refractivity contribution in [1.29, 1.82) is 0 Å². The Hall–Kier alpha value is -1.33. The molecule has 0 aromatic carbocycles. The summed E-state index contributed by atoms with van der Waals surface area (Å²) in [4.78, 5) is 37.2. The molecule has 0 unspecified atom stereocenters. The summed E-state index contributed by atoms with van der Waals surface area (Å²) in [5.74, 6) is -0.900. The van der Waals surface area contributed by atoms with E-state index in [1.807, 2.05) is 13.8 Å². The molecule has 3 aliphatic carbocycles. The first kappa shape index (κ1) is 17.1. The van der Waals surface area contributed by atoms with Gasteiger partial charge in [-0.1, -0.05) is 20.4 Å². The molecule has 5 rings (SSSR count). The summed E-state index contributed by atoms with van der Waals surface area (Å²) in [6, 6.07) is 0. The van der Waals surface area contributed by atoms with E-state index < -0.39 is 16.9 Å². The first-order chi connectivity index (χ1) is 11.7. The van der Waals surface area contributed by atoms with Crippen LogP contribution >= 0.6 is 0 Å². The summed E-state index contributed by atoms with van der Waals surface area (Å²) >= 11 is 0. The number of rotatable bonds is 2. The standard InChI is InChI=1S/C20H26O5/c1-10(8-21)11-4-5-13-12(6-11)16(23)17(24)18-19(2,3)15-7-14(22)20(13,18)9-25-15/h8,11-13,15,17-18,24H,1,4-7,9H2,2-3H3/t11-,12-,13-,15-,17-,18-,20-/m1/s1. The molecule has 2 saturated heterocycles. The molecule has 2 aliphatic heterocycles. The number of aliphatic hydroxyl groups is 1. The van der Waals surface area contributed by atoms with Gasteiger partial charge in [-0.3, -0.25) is 14.4 Å². The first-order valence-electron chi connectivity index (χ1n) is 9.25. The minimum Gasteiger partial charge on any atom is -0.385 e. The van der Waals surface area contributed by atoms with Crippen molar-refractivity contribution in [2.24, 2.45) is 34.5 Å². The van der Waals surface area contributed by atoms with Gasteiger partial charge in [-0.05, 0) is 42.1 Å². The van der Waals surface area contributed by atoms with Crippen LogP contribution in [-0.2, 0) is 19.1 Å². The fourth-order valence-electron chi connectivity index (χ4n) is 6.49. The maximum absolute atomic E-state index is 13.1. The lowest BCUT2D eigenvalue weighted by Crippen LogP contribution is -2.74. The second-order valence-corrected chi connectivity index (χ2v) is 9.03. The minimum absolute atomic E-state index is 0.0354. The van der Waals surface area contributed by atoms with Crippen LogP contribution in [0.2, 0.25) is 0 Å². The van der Waals surface area contributed by atoms with Gasteiger partial charge in [-0.15, -0.1) is 0 Å². The molecule has 7 atom stereocenters. The van der Waals surface area contributed by atoms with Crippen LogP contribution in [0.15, 0.2) is 12.2 Å². The van der Waals surface area contributed by atoms with E-state index in [0.717, 1.165) is 12.7 Å². The van der Waals surface area contributed by atoms with E-state index in [1.54, 1.807) is 0 Å². The first-order valence-corrected chi connectivity index (χ1v) is 9.25. The fraction of sp³-hybridized carbons (Fsp3) is 0.750. The van der Waals surface area contributed by atoms with Gasteiger partial charge in [0.15, 0.2) is 5.78 Å². The number of hydrogen-bond donors (Lipinski definition) is 1. The van der Waals surface area contributed by atoms with Gasteiger partial charge in [-0.2, -0.15) is 0 Å². The highest BCUT2D eigenvalue weighted by atomic mass is 16.5. The van der Waals surface area contributed by atoms with Crippen LogP contribution in [0.5, 0.6) is 0 Å². The van der Waals surface area contributed by atoms with E-state index in [1.165, 1.54) is 0 Å². The van der Waals surface area contributed by atoms with Crippen LogP contribution in [0, 0.1) is 34.5 Å². The molecule has 2 heterocycles. The average molecular weight is 346 g/mol. The van der Waals surface area contributed by atoms with Crippen molar-refractivity contribution in [2.45, 2.75) is 51.7 Å². The highest BCUT2D eigenvalue weighted by Crippen LogP contribution is 2.65. The number of aliphatic hydroxyl groups excluding tert-OH is 1. The Kier molecular flexibility index (Phi) is 3.65. The zero-order chi connectivity index (χ0) is 18.1. The summed E-state index contributed by atoms with van der Waals surface area (Å²) in [6.07, 6.45) is 1.74. The van der Waals surface area contributed by atoms with Crippen molar-refractivity contribution in [3.63, 3.8) is 0 Å². The van der Waals surface area contributed by atoms with Gasteiger partial charge in [0.2, 0.25) is 0 Å². The lowest BCUT2D eigenvalue weighted by molar-refractivity contribution is -0.261. The number of allylic oxidation sites excluding steroid dienone is 1. The summed E-state index contributed by atoms with van der Waals surface area (Å²) < 4.78 is 6.03. The molecule has 0 radical (unpaired) electrons. The summed E-state index contributed by atoms with van der Waals surface area (Å²) in [5, 5.41) is 10.9. The molecule has 5 nitrogen and oxygen atoms in total. The number of carbonyl (C=O) groups excluding carboxylic acids is 3. The van der Waals surface area contributed by atoms with E-state index in [4.69, 9.17) is 4.74 Å². The van der Waals surface area contributed by atoms with E-state index in [0.29, 0.717) is 31.4 Å². The van der Waals surface area contributed by atoms with Crippen molar-refractivity contribution in [3.05, 3.63) is 12.2 Å². The number of ketones is 2. The van der Waals surface area contributed by atoms with Gasteiger partial charge in [-0.25, -0.2) is 0 Å². The normalized spacial score (nSPS) is 47.8. The van der Waals surface area contributed by atoms with Crippen LogP contribution in [0.1, 0.15) is 39.5 Å². The Morgan fingerprint density at radius 1 is 1.32 bits per heavy atom. The highest BCUT2D eigenvalue weighted by Gasteiger charge is 2.72. The van der Waals surface area contributed by atoms with Gasteiger partial charge in [0.25, 0.3) is 0 Å². The van der Waals surface area contributed by atoms with Crippen LogP contribution in [0.4, 0.5) is 0 Å². The number of carbonyl (C=O) groups is 3. The third-order valence-corrected chi connectivity index (χ3v) is 7.76. The van der Waals surface area contributed by atoms with Crippen molar-refractivity contribution in [1.82, 2.24) is 0 Å². The van der Waals surface area contributed by atoms with Crippen LogP contribution in [0.25, 0.3) is 0 Å². The Bertz CT molecular complexity index is 665. The maximum atomic E-state index is 13.1. The molecule has 136 valence electrons. The van der Waals surface area contributed by atoms with Gasteiger partial charge >= 0.3 is 0 Å². The quantitative estimate of drug-likeness (QED) is 0.608. The van der Waals surface area contributed by atoms with E-state index >= 15 is 0 Å². The molecule has 1 N–H and O–H groups in total. The monoisotopic (exact) mass is 346 g/mol. The molecule has 2 bridgehead atoms. The molecular weight excluding hydrogens is 320 g/mol. The third-order valence-electron chi connectivity index (χ3n) is 7.76. The van der Waals surface area contributed by atoms with Crippen LogP contribution in [0.3, 0.4) is 0 Å². The average Bonchev–Trinajstić information content (AvgIpc) is 2.59. The molecule has 5 aliphatic rings. The van der Waals surface area contributed by atoms with E-state index in [2.05, 4.69) is 6.58 Å². The summed E-state index contributed by atoms with van der Waals surface area (Å²) in [7, 11) is 0. The predicted octanol–water partition coefficient (Wildman–Crippen LogP) is 1.72. The second-order valence-electron chi connectivity index (χ2n) is 9.03. The van der Waals surface area contributed by atoms with Gasteiger partial charge in [0, 0.05) is 18.3 Å². The molecule has 0 aromatic heterocycles. The molecule has 0 aromatic rings. The van der Waals surface area contributed by atoms with Gasteiger partial charge in [0.1, 0.15) is 18.2 Å². The number of aldehydes is 1. The van der Waals surface area contributed by atoms with Crippen molar-refractivity contribution < 1.29 is 24.2 Å². The number of hydrogen-bond acceptors (Lipinski definition) is 5. The van der Waals surface area contributed by atoms with E-state index in [-0.39, 0.29) is 41.3 Å². The predicted molar refractivity (Wildman–Crippen MR) is 89.6 cm³/mol. The largest absolute Gasteiger partial charge is 0.385 e.